The van der Waals surface area contributed by atoms with Gasteiger partial charge in [-0.05, 0) is 24.0 Å². The number of aryl methyl sites for hydroxylation is 2. The monoisotopic (exact) mass is 249 g/mol. The van der Waals surface area contributed by atoms with Crippen molar-refractivity contribution < 1.29 is 9.47 Å². The number of benzene rings is 1. The summed E-state index contributed by atoms with van der Waals surface area (Å²) in [6.07, 6.45) is 2.28. The Labute approximate surface area is 109 Å². The highest BCUT2D eigenvalue weighted by molar-refractivity contribution is 5.58. The maximum atomic E-state index is 5.66. The molecule has 1 fully saturated rings. The number of hydrogen-bond acceptors (Lipinski definition) is 3. The second-order valence-electron chi connectivity index (χ2n) is 4.61. The fourth-order valence-electron chi connectivity index (χ4n) is 2.34. The smallest absolute Gasteiger partial charge is 0.0981 e. The van der Waals surface area contributed by atoms with E-state index in [-0.39, 0.29) is 6.10 Å². The third kappa shape index (κ3) is 3.24. The molecule has 1 aromatic carbocycles. The molecule has 0 radical (unpaired) electrons. The summed E-state index contributed by atoms with van der Waals surface area (Å²) < 4.78 is 11.1. The highest BCUT2D eigenvalue weighted by Crippen LogP contribution is 2.22. The molecule has 1 saturated heterocycles. The van der Waals surface area contributed by atoms with Crippen molar-refractivity contribution in [2.75, 3.05) is 31.7 Å². The van der Waals surface area contributed by atoms with E-state index in [4.69, 9.17) is 9.47 Å². The molecule has 0 bridgehead atoms. The summed E-state index contributed by atoms with van der Waals surface area (Å²) in [6.45, 7) is 7.35. The molecule has 3 heteroatoms. The van der Waals surface area contributed by atoms with Gasteiger partial charge in [0.1, 0.15) is 0 Å². The zero-order valence-electron chi connectivity index (χ0n) is 11.4. The predicted octanol–water partition coefficient (Wildman–Crippen LogP) is 2.64. The number of rotatable bonds is 5. The quantitative estimate of drug-likeness (QED) is 0.870. The van der Waals surface area contributed by atoms with Crippen molar-refractivity contribution in [3.05, 3.63) is 29.3 Å². The molecule has 0 saturated carbocycles. The molecule has 18 heavy (non-hydrogen) atoms. The van der Waals surface area contributed by atoms with Crippen LogP contribution in [-0.4, -0.2) is 32.5 Å². The van der Waals surface area contributed by atoms with Crippen LogP contribution in [-0.2, 0) is 22.3 Å². The average Bonchev–Trinajstić information content (AvgIpc) is 2.45. The number of nitrogens with one attached hydrogen (secondary N) is 1. The largest absolute Gasteiger partial charge is 0.382 e. The van der Waals surface area contributed by atoms with Crippen molar-refractivity contribution in [2.45, 2.75) is 32.8 Å². The molecule has 3 nitrogen and oxygen atoms in total. The Balaban J connectivity index is 2.02. The third-order valence-corrected chi connectivity index (χ3v) is 3.39. The fourth-order valence-corrected chi connectivity index (χ4v) is 2.34. The summed E-state index contributed by atoms with van der Waals surface area (Å²) in [5.74, 6) is 0. The van der Waals surface area contributed by atoms with E-state index < -0.39 is 0 Å². The van der Waals surface area contributed by atoms with Crippen LogP contribution in [0.4, 0.5) is 5.69 Å². The lowest BCUT2D eigenvalue weighted by atomic mass is 10.0. The minimum atomic E-state index is 0.174. The summed E-state index contributed by atoms with van der Waals surface area (Å²) in [7, 11) is 0. The van der Waals surface area contributed by atoms with Gasteiger partial charge in [0, 0.05) is 12.2 Å². The Bertz CT molecular complexity index is 351. The second kappa shape index (κ2) is 6.76. The molecule has 0 aromatic heterocycles. The molecule has 100 valence electrons. The standard InChI is InChI=1S/C15H23NO2/c1-3-12-6-5-7-13(4-2)15(12)16-10-14-11-17-8-9-18-14/h5-7,14,16H,3-4,8-11H2,1-2H3. The zero-order chi connectivity index (χ0) is 12.8. The van der Waals surface area contributed by atoms with Crippen molar-refractivity contribution >= 4 is 5.69 Å². The van der Waals surface area contributed by atoms with Crippen LogP contribution < -0.4 is 5.32 Å². The summed E-state index contributed by atoms with van der Waals surface area (Å²) in [6, 6.07) is 6.53. The molecular formula is C15H23NO2. The Hall–Kier alpha value is -1.06. The van der Waals surface area contributed by atoms with E-state index >= 15 is 0 Å². The van der Waals surface area contributed by atoms with Crippen LogP contribution in [0.5, 0.6) is 0 Å². The lowest BCUT2D eigenvalue weighted by Crippen LogP contribution is -2.34. The van der Waals surface area contributed by atoms with Gasteiger partial charge in [0.15, 0.2) is 0 Å². The van der Waals surface area contributed by atoms with Gasteiger partial charge < -0.3 is 14.8 Å². The molecule has 2 rings (SSSR count). The van der Waals surface area contributed by atoms with Crippen molar-refractivity contribution in [3.8, 4) is 0 Å². The molecule has 1 aliphatic rings. The molecule has 1 N–H and O–H groups in total. The first-order valence-corrected chi connectivity index (χ1v) is 6.89. The van der Waals surface area contributed by atoms with Crippen LogP contribution in [0.15, 0.2) is 18.2 Å². The Morgan fingerprint density at radius 3 is 2.44 bits per heavy atom. The predicted molar refractivity (Wildman–Crippen MR) is 74.2 cm³/mol. The van der Waals surface area contributed by atoms with E-state index in [0.29, 0.717) is 13.2 Å². The molecule has 1 aliphatic heterocycles. The van der Waals surface area contributed by atoms with Crippen LogP contribution in [0.25, 0.3) is 0 Å². The zero-order valence-corrected chi connectivity index (χ0v) is 11.4. The Morgan fingerprint density at radius 1 is 1.17 bits per heavy atom. The van der Waals surface area contributed by atoms with Gasteiger partial charge in [0.2, 0.25) is 0 Å². The molecule has 1 heterocycles. The second-order valence-corrected chi connectivity index (χ2v) is 4.61. The molecule has 0 spiro atoms. The lowest BCUT2D eigenvalue weighted by Gasteiger charge is -2.25. The van der Waals surface area contributed by atoms with Crippen LogP contribution in [0, 0.1) is 0 Å². The van der Waals surface area contributed by atoms with Crippen molar-refractivity contribution in [2.24, 2.45) is 0 Å². The summed E-state index contributed by atoms with van der Waals surface area (Å²) in [5, 5.41) is 3.55. The van der Waals surface area contributed by atoms with E-state index in [1.165, 1.54) is 16.8 Å². The highest BCUT2D eigenvalue weighted by Gasteiger charge is 2.15. The molecular weight excluding hydrogens is 226 g/mol. The van der Waals surface area contributed by atoms with Crippen LogP contribution in [0.2, 0.25) is 0 Å². The van der Waals surface area contributed by atoms with Crippen LogP contribution >= 0.6 is 0 Å². The number of para-hydroxylation sites is 1. The van der Waals surface area contributed by atoms with Crippen LogP contribution in [0.3, 0.4) is 0 Å². The lowest BCUT2D eigenvalue weighted by molar-refractivity contribution is -0.0818. The fraction of sp³-hybridized carbons (Fsp3) is 0.600. The first-order valence-electron chi connectivity index (χ1n) is 6.89. The SMILES string of the molecule is CCc1cccc(CC)c1NCC1COCCO1. The van der Waals surface area contributed by atoms with E-state index in [1.807, 2.05) is 0 Å². The first kappa shape index (κ1) is 13.4. The first-order chi connectivity index (χ1) is 8.85. The van der Waals surface area contributed by atoms with Crippen LogP contribution in [0.1, 0.15) is 25.0 Å². The molecule has 1 unspecified atom stereocenters. The Kier molecular flexibility index (Phi) is 5.02. The summed E-state index contributed by atoms with van der Waals surface area (Å²) in [5.41, 5.74) is 4.05. The van der Waals surface area contributed by atoms with E-state index in [0.717, 1.165) is 26.0 Å². The maximum Gasteiger partial charge on any atom is 0.0981 e. The molecule has 0 aliphatic carbocycles. The van der Waals surface area contributed by atoms with Gasteiger partial charge in [0.05, 0.1) is 25.9 Å². The van der Waals surface area contributed by atoms with Crippen molar-refractivity contribution in [3.63, 3.8) is 0 Å². The van der Waals surface area contributed by atoms with E-state index in [2.05, 4.69) is 37.4 Å². The van der Waals surface area contributed by atoms with Gasteiger partial charge in [-0.25, -0.2) is 0 Å². The van der Waals surface area contributed by atoms with E-state index in [1.54, 1.807) is 0 Å². The van der Waals surface area contributed by atoms with Gasteiger partial charge in [-0.1, -0.05) is 32.0 Å². The topological polar surface area (TPSA) is 30.5 Å². The van der Waals surface area contributed by atoms with Gasteiger partial charge in [-0.3, -0.25) is 0 Å². The van der Waals surface area contributed by atoms with Crippen molar-refractivity contribution in [1.82, 2.24) is 0 Å². The van der Waals surface area contributed by atoms with Gasteiger partial charge in [0.25, 0.3) is 0 Å². The Morgan fingerprint density at radius 2 is 1.89 bits per heavy atom. The molecule has 0 amide bonds. The minimum absolute atomic E-state index is 0.174. The minimum Gasteiger partial charge on any atom is -0.382 e. The molecule has 1 atom stereocenters. The number of ether oxygens (including phenoxy) is 2. The van der Waals surface area contributed by atoms with Gasteiger partial charge in [-0.15, -0.1) is 0 Å². The highest BCUT2D eigenvalue weighted by atomic mass is 16.6. The third-order valence-electron chi connectivity index (χ3n) is 3.39. The van der Waals surface area contributed by atoms with Gasteiger partial charge >= 0.3 is 0 Å². The average molecular weight is 249 g/mol. The van der Waals surface area contributed by atoms with E-state index in [9.17, 15) is 0 Å². The molecule has 1 aromatic rings. The number of anilines is 1. The summed E-state index contributed by atoms with van der Waals surface area (Å²) in [4.78, 5) is 0. The number of hydrogen-bond donors (Lipinski definition) is 1. The van der Waals surface area contributed by atoms with Crippen molar-refractivity contribution in [1.29, 1.82) is 0 Å². The normalized spacial score (nSPS) is 19.8. The maximum absolute atomic E-state index is 5.66. The van der Waals surface area contributed by atoms with Gasteiger partial charge in [-0.2, -0.15) is 0 Å². The summed E-state index contributed by atoms with van der Waals surface area (Å²) >= 11 is 0.